The zero-order valence-corrected chi connectivity index (χ0v) is 12.7. The van der Waals surface area contributed by atoms with Crippen LogP contribution in [0.1, 0.15) is 43.7 Å². The van der Waals surface area contributed by atoms with Gasteiger partial charge in [0.25, 0.3) is 5.89 Å². The molecule has 6 nitrogen and oxygen atoms in total. The number of carboxylic acids is 1. The van der Waals surface area contributed by atoms with Gasteiger partial charge in [0.1, 0.15) is 4.88 Å². The zero-order valence-electron chi connectivity index (χ0n) is 11.8. The number of aromatic nitrogens is 3. The molecule has 3 rings (SSSR count). The highest BCUT2D eigenvalue weighted by Crippen LogP contribution is 2.44. The summed E-state index contributed by atoms with van der Waals surface area (Å²) in [4.78, 5) is 16.2. The lowest BCUT2D eigenvalue weighted by atomic mass is 9.79. The molecule has 0 unspecified atom stereocenters. The number of aryl methyl sites for hydroxylation is 1. The fraction of sp³-hybridized carbons (Fsp3) is 0.571. The van der Waals surface area contributed by atoms with E-state index in [2.05, 4.69) is 15.2 Å². The van der Waals surface area contributed by atoms with Crippen LogP contribution in [0.4, 0.5) is 0 Å². The molecule has 112 valence electrons. The third-order valence-corrected chi connectivity index (χ3v) is 5.04. The van der Waals surface area contributed by atoms with E-state index in [-0.39, 0.29) is 11.8 Å². The van der Waals surface area contributed by atoms with E-state index < -0.39 is 5.97 Å². The standard InChI is InChI=1S/C14H17N3O3S/c1-9-12(21-8-15-9)13-17-16-10(20-13)6-14(7-11(18)19)4-2-3-5-14/h8H,2-7H2,1H3,(H,18,19). The maximum Gasteiger partial charge on any atom is 0.303 e. The number of nitrogens with zero attached hydrogens (tertiary/aromatic N) is 3. The summed E-state index contributed by atoms with van der Waals surface area (Å²) in [5, 5.41) is 17.3. The van der Waals surface area contributed by atoms with Crippen LogP contribution in [-0.4, -0.2) is 26.3 Å². The fourth-order valence-electron chi connectivity index (χ4n) is 3.11. The summed E-state index contributed by atoms with van der Waals surface area (Å²) in [5.74, 6) is 0.254. The van der Waals surface area contributed by atoms with Crippen molar-refractivity contribution in [1.29, 1.82) is 0 Å². The maximum atomic E-state index is 11.1. The Morgan fingerprint density at radius 1 is 1.43 bits per heavy atom. The van der Waals surface area contributed by atoms with E-state index in [9.17, 15) is 4.79 Å². The summed E-state index contributed by atoms with van der Waals surface area (Å²) in [6.45, 7) is 1.90. The highest BCUT2D eigenvalue weighted by atomic mass is 32.1. The van der Waals surface area contributed by atoms with Gasteiger partial charge < -0.3 is 9.52 Å². The molecule has 0 radical (unpaired) electrons. The van der Waals surface area contributed by atoms with Crippen molar-refractivity contribution >= 4 is 17.3 Å². The van der Waals surface area contributed by atoms with Crippen LogP contribution in [0.25, 0.3) is 10.8 Å². The highest BCUT2D eigenvalue weighted by molar-refractivity contribution is 7.13. The molecule has 21 heavy (non-hydrogen) atoms. The number of rotatable bonds is 5. The quantitative estimate of drug-likeness (QED) is 0.913. The minimum absolute atomic E-state index is 0.171. The smallest absolute Gasteiger partial charge is 0.303 e. The van der Waals surface area contributed by atoms with Crippen LogP contribution < -0.4 is 0 Å². The Labute approximate surface area is 126 Å². The summed E-state index contributed by atoms with van der Waals surface area (Å²) in [6, 6.07) is 0. The molecule has 0 bridgehead atoms. The Kier molecular flexibility index (Phi) is 3.75. The lowest BCUT2D eigenvalue weighted by Crippen LogP contribution is -2.23. The molecule has 2 aromatic heterocycles. The molecular formula is C14H17N3O3S. The number of hydrogen-bond acceptors (Lipinski definition) is 6. The average Bonchev–Trinajstić information content (AvgIpc) is 3.11. The summed E-state index contributed by atoms with van der Waals surface area (Å²) >= 11 is 1.47. The highest BCUT2D eigenvalue weighted by Gasteiger charge is 2.37. The summed E-state index contributed by atoms with van der Waals surface area (Å²) in [7, 11) is 0. The Morgan fingerprint density at radius 2 is 2.19 bits per heavy atom. The molecule has 0 aromatic carbocycles. The predicted molar refractivity (Wildman–Crippen MR) is 77.0 cm³/mol. The van der Waals surface area contributed by atoms with Gasteiger partial charge in [-0.2, -0.15) is 0 Å². The van der Waals surface area contributed by atoms with E-state index in [4.69, 9.17) is 9.52 Å². The van der Waals surface area contributed by atoms with Gasteiger partial charge in [-0.1, -0.05) is 12.8 Å². The fourth-order valence-corrected chi connectivity index (χ4v) is 3.83. The molecule has 0 atom stereocenters. The van der Waals surface area contributed by atoms with E-state index >= 15 is 0 Å². The summed E-state index contributed by atoms with van der Waals surface area (Å²) in [5.41, 5.74) is 2.40. The molecule has 1 N–H and O–H groups in total. The third-order valence-electron chi connectivity index (χ3n) is 4.12. The molecule has 7 heteroatoms. The molecule has 0 amide bonds. The van der Waals surface area contributed by atoms with Gasteiger partial charge in [-0.25, -0.2) is 4.98 Å². The Balaban J connectivity index is 1.80. The third kappa shape index (κ3) is 2.97. The van der Waals surface area contributed by atoms with Gasteiger partial charge in [0.2, 0.25) is 5.89 Å². The van der Waals surface area contributed by atoms with E-state index in [1.54, 1.807) is 5.51 Å². The predicted octanol–water partition coefficient (Wildman–Crippen LogP) is 3.08. The van der Waals surface area contributed by atoms with Gasteiger partial charge in [-0.05, 0) is 25.2 Å². The molecule has 2 heterocycles. The van der Waals surface area contributed by atoms with Crippen molar-refractivity contribution in [3.05, 3.63) is 17.1 Å². The average molecular weight is 307 g/mol. The minimum atomic E-state index is -0.755. The van der Waals surface area contributed by atoms with Crippen LogP contribution >= 0.6 is 11.3 Å². The van der Waals surface area contributed by atoms with Crippen LogP contribution in [0, 0.1) is 12.3 Å². The zero-order chi connectivity index (χ0) is 14.9. The van der Waals surface area contributed by atoms with Crippen molar-refractivity contribution < 1.29 is 14.3 Å². The van der Waals surface area contributed by atoms with Crippen LogP contribution in [0.5, 0.6) is 0 Å². The lowest BCUT2D eigenvalue weighted by Gasteiger charge is -2.24. The molecule has 0 saturated heterocycles. The Hall–Kier alpha value is -1.76. The maximum absolute atomic E-state index is 11.1. The number of hydrogen-bond donors (Lipinski definition) is 1. The van der Waals surface area contributed by atoms with Gasteiger partial charge >= 0.3 is 5.97 Å². The van der Waals surface area contributed by atoms with Crippen molar-refractivity contribution in [3.8, 4) is 10.8 Å². The van der Waals surface area contributed by atoms with Gasteiger partial charge in [0, 0.05) is 6.42 Å². The minimum Gasteiger partial charge on any atom is -0.481 e. The van der Waals surface area contributed by atoms with Crippen LogP contribution in [0.15, 0.2) is 9.93 Å². The number of thiazole rings is 1. The molecular weight excluding hydrogens is 290 g/mol. The summed E-state index contributed by atoms with van der Waals surface area (Å²) < 4.78 is 5.73. The second kappa shape index (κ2) is 5.55. The first-order valence-electron chi connectivity index (χ1n) is 7.03. The molecule has 0 spiro atoms. The van der Waals surface area contributed by atoms with E-state index in [1.165, 1.54) is 11.3 Å². The van der Waals surface area contributed by atoms with Gasteiger partial charge in [0.15, 0.2) is 0 Å². The van der Waals surface area contributed by atoms with Gasteiger partial charge in [0.05, 0.1) is 17.6 Å². The van der Waals surface area contributed by atoms with Crippen LogP contribution in [0.3, 0.4) is 0 Å². The second-order valence-corrected chi connectivity index (χ2v) is 6.58. The number of aliphatic carboxylic acids is 1. The van der Waals surface area contributed by atoms with Crippen molar-refractivity contribution in [2.45, 2.75) is 45.4 Å². The molecule has 1 aliphatic rings. The van der Waals surface area contributed by atoms with Crippen molar-refractivity contribution in [3.63, 3.8) is 0 Å². The normalized spacial score (nSPS) is 17.2. The second-order valence-electron chi connectivity index (χ2n) is 5.72. The first-order valence-corrected chi connectivity index (χ1v) is 7.91. The van der Waals surface area contributed by atoms with Gasteiger partial charge in [-0.3, -0.25) is 4.79 Å². The van der Waals surface area contributed by atoms with Crippen molar-refractivity contribution in [1.82, 2.24) is 15.2 Å². The Bertz CT molecular complexity index is 643. The topological polar surface area (TPSA) is 89.1 Å². The molecule has 1 aliphatic carbocycles. The Morgan fingerprint density at radius 3 is 2.81 bits per heavy atom. The van der Waals surface area contributed by atoms with Gasteiger partial charge in [-0.15, -0.1) is 21.5 Å². The first kappa shape index (κ1) is 14.2. The summed E-state index contributed by atoms with van der Waals surface area (Å²) in [6.07, 6.45) is 4.69. The number of carbonyl (C=O) groups is 1. The van der Waals surface area contributed by atoms with E-state index in [1.807, 2.05) is 6.92 Å². The van der Waals surface area contributed by atoms with Crippen LogP contribution in [0.2, 0.25) is 0 Å². The lowest BCUT2D eigenvalue weighted by molar-refractivity contribution is -0.139. The van der Waals surface area contributed by atoms with Crippen molar-refractivity contribution in [2.75, 3.05) is 0 Å². The number of carboxylic acid groups (broad SMARTS) is 1. The van der Waals surface area contributed by atoms with Crippen molar-refractivity contribution in [2.24, 2.45) is 5.41 Å². The van der Waals surface area contributed by atoms with Crippen LogP contribution in [-0.2, 0) is 11.2 Å². The molecule has 1 saturated carbocycles. The SMILES string of the molecule is Cc1ncsc1-c1nnc(CC2(CC(=O)O)CCCC2)o1. The van der Waals surface area contributed by atoms with E-state index in [0.717, 1.165) is 36.3 Å². The first-order chi connectivity index (χ1) is 10.1. The molecule has 1 fully saturated rings. The largest absolute Gasteiger partial charge is 0.481 e. The molecule has 0 aliphatic heterocycles. The molecule has 2 aromatic rings. The monoisotopic (exact) mass is 307 g/mol. The van der Waals surface area contributed by atoms with E-state index in [0.29, 0.717) is 18.2 Å².